The molecule has 0 bridgehead atoms. The van der Waals surface area contributed by atoms with E-state index < -0.39 is 0 Å². The van der Waals surface area contributed by atoms with Gasteiger partial charge >= 0.3 is 0 Å². The average molecular weight is 340 g/mol. The van der Waals surface area contributed by atoms with E-state index in [1.165, 1.54) is 14.5 Å². The highest BCUT2D eigenvalue weighted by atomic mass is 127. The van der Waals surface area contributed by atoms with E-state index in [0.717, 1.165) is 17.0 Å². The fourth-order valence-electron chi connectivity index (χ4n) is 2.06. The Hall–Kier alpha value is -0.710. The normalized spacial score (nSPS) is 12.1. The van der Waals surface area contributed by atoms with Crippen molar-refractivity contribution in [2.45, 2.75) is 40.0 Å². The van der Waals surface area contributed by atoms with Gasteiger partial charge in [0.2, 0.25) is 0 Å². The summed E-state index contributed by atoms with van der Waals surface area (Å²) in [4.78, 5) is 9.08. The summed E-state index contributed by atoms with van der Waals surface area (Å²) in [5.41, 5.74) is 3.57. The van der Waals surface area contributed by atoms with Crippen LogP contribution < -0.4 is 0 Å². The lowest BCUT2D eigenvalue weighted by Crippen LogP contribution is -2.13. The van der Waals surface area contributed by atoms with Gasteiger partial charge in [-0.2, -0.15) is 0 Å². The first kappa shape index (κ1) is 12.7. The second kappa shape index (κ2) is 4.19. The Kier molecular flexibility index (Phi) is 3.14. The van der Waals surface area contributed by atoms with Gasteiger partial charge in [-0.25, -0.2) is 9.97 Å². The Balaban J connectivity index is 2.93. The van der Waals surface area contributed by atoms with Crippen LogP contribution in [0.25, 0.3) is 10.9 Å². The molecule has 0 unspecified atom stereocenters. The maximum atomic E-state index is 4.63. The van der Waals surface area contributed by atoms with E-state index in [2.05, 4.69) is 72.4 Å². The number of benzene rings is 1. The van der Waals surface area contributed by atoms with Crippen molar-refractivity contribution < 1.29 is 0 Å². The molecule has 0 aliphatic rings. The van der Waals surface area contributed by atoms with E-state index in [9.17, 15) is 0 Å². The summed E-state index contributed by atoms with van der Waals surface area (Å²) in [6.45, 7) is 10.7. The van der Waals surface area contributed by atoms with Crippen LogP contribution in [0.3, 0.4) is 0 Å². The van der Waals surface area contributed by atoms with E-state index in [-0.39, 0.29) is 5.41 Å². The molecule has 17 heavy (non-hydrogen) atoms. The summed E-state index contributed by atoms with van der Waals surface area (Å²) >= 11 is 2.36. The summed E-state index contributed by atoms with van der Waals surface area (Å²) < 4.78 is 1.25. The molecule has 0 N–H and O–H groups in total. The molecule has 2 rings (SSSR count). The number of aromatic nitrogens is 2. The Bertz CT molecular complexity index is 583. The van der Waals surface area contributed by atoms with Crippen LogP contribution in [0.5, 0.6) is 0 Å². The van der Waals surface area contributed by atoms with Gasteiger partial charge in [0, 0.05) is 14.7 Å². The third-order valence-corrected chi connectivity index (χ3v) is 3.50. The number of hydrogen-bond donors (Lipinski definition) is 0. The van der Waals surface area contributed by atoms with Crippen molar-refractivity contribution in [3.63, 3.8) is 0 Å². The minimum absolute atomic E-state index is 0.104. The van der Waals surface area contributed by atoms with Crippen molar-refractivity contribution in [2.24, 2.45) is 0 Å². The molecule has 0 aliphatic carbocycles. The van der Waals surface area contributed by atoms with E-state index in [1.54, 1.807) is 0 Å². The molecule has 0 amide bonds. The standard InChI is InChI=1S/C14H17IN2/c1-8-11-6-10(15)7-12(14(3,4)5)13(11)17-9(2)16-8/h6-7H,1-5H3. The number of hydrogen-bond acceptors (Lipinski definition) is 2. The zero-order valence-electron chi connectivity index (χ0n) is 10.9. The number of nitrogens with zero attached hydrogens (tertiary/aromatic N) is 2. The first-order valence-corrected chi connectivity index (χ1v) is 6.82. The lowest BCUT2D eigenvalue weighted by molar-refractivity contribution is 0.594. The van der Waals surface area contributed by atoms with Gasteiger partial charge in [-0.1, -0.05) is 20.8 Å². The molecule has 0 radical (unpaired) electrons. The fourth-order valence-corrected chi connectivity index (χ4v) is 2.68. The van der Waals surface area contributed by atoms with Crippen LogP contribution in [0, 0.1) is 17.4 Å². The van der Waals surface area contributed by atoms with Crippen LogP contribution in [-0.2, 0) is 5.41 Å². The van der Waals surface area contributed by atoms with Gasteiger partial charge in [0.25, 0.3) is 0 Å². The quantitative estimate of drug-likeness (QED) is 0.674. The topological polar surface area (TPSA) is 25.8 Å². The maximum Gasteiger partial charge on any atom is 0.126 e. The van der Waals surface area contributed by atoms with Gasteiger partial charge in [0.15, 0.2) is 0 Å². The third-order valence-electron chi connectivity index (χ3n) is 2.88. The van der Waals surface area contributed by atoms with Crippen molar-refractivity contribution in [1.82, 2.24) is 9.97 Å². The molecular formula is C14H17IN2. The van der Waals surface area contributed by atoms with Crippen LogP contribution in [0.2, 0.25) is 0 Å². The minimum Gasteiger partial charge on any atom is -0.238 e. The van der Waals surface area contributed by atoms with Gasteiger partial charge in [0.05, 0.1) is 5.52 Å². The van der Waals surface area contributed by atoms with E-state index in [0.29, 0.717) is 0 Å². The molecule has 2 aromatic rings. The van der Waals surface area contributed by atoms with Crippen molar-refractivity contribution in [3.05, 3.63) is 32.8 Å². The molecule has 2 nitrogen and oxygen atoms in total. The highest BCUT2D eigenvalue weighted by Crippen LogP contribution is 2.31. The Morgan fingerprint density at radius 2 is 1.71 bits per heavy atom. The summed E-state index contributed by atoms with van der Waals surface area (Å²) in [6, 6.07) is 4.40. The van der Waals surface area contributed by atoms with Crippen LogP contribution in [-0.4, -0.2) is 9.97 Å². The van der Waals surface area contributed by atoms with E-state index in [4.69, 9.17) is 0 Å². The van der Waals surface area contributed by atoms with Crippen molar-refractivity contribution in [1.29, 1.82) is 0 Å². The zero-order chi connectivity index (χ0) is 12.8. The van der Waals surface area contributed by atoms with Crippen LogP contribution >= 0.6 is 22.6 Å². The summed E-state index contributed by atoms with van der Waals surface area (Å²) in [6.07, 6.45) is 0. The summed E-state index contributed by atoms with van der Waals surface area (Å²) in [5.74, 6) is 0.849. The summed E-state index contributed by atoms with van der Waals surface area (Å²) in [7, 11) is 0. The second-order valence-electron chi connectivity index (χ2n) is 5.46. The van der Waals surface area contributed by atoms with Crippen LogP contribution in [0.4, 0.5) is 0 Å². The first-order valence-electron chi connectivity index (χ1n) is 5.74. The van der Waals surface area contributed by atoms with Crippen LogP contribution in [0.1, 0.15) is 37.9 Å². The lowest BCUT2D eigenvalue weighted by atomic mass is 9.85. The number of rotatable bonds is 0. The average Bonchev–Trinajstić information content (AvgIpc) is 2.16. The monoisotopic (exact) mass is 340 g/mol. The molecule has 1 heterocycles. The molecule has 0 aliphatic heterocycles. The van der Waals surface area contributed by atoms with Crippen molar-refractivity contribution in [3.8, 4) is 0 Å². The van der Waals surface area contributed by atoms with Gasteiger partial charge in [-0.15, -0.1) is 0 Å². The largest absolute Gasteiger partial charge is 0.238 e. The van der Waals surface area contributed by atoms with Gasteiger partial charge in [0.1, 0.15) is 5.82 Å². The Morgan fingerprint density at radius 1 is 1.06 bits per heavy atom. The van der Waals surface area contributed by atoms with Crippen molar-refractivity contribution >= 4 is 33.5 Å². The van der Waals surface area contributed by atoms with Crippen LogP contribution in [0.15, 0.2) is 12.1 Å². The number of halogens is 1. The fraction of sp³-hybridized carbons (Fsp3) is 0.429. The predicted octanol–water partition coefficient (Wildman–Crippen LogP) is 4.15. The van der Waals surface area contributed by atoms with Crippen molar-refractivity contribution in [2.75, 3.05) is 0 Å². The predicted molar refractivity (Wildman–Crippen MR) is 80.4 cm³/mol. The molecular weight excluding hydrogens is 323 g/mol. The highest BCUT2D eigenvalue weighted by Gasteiger charge is 2.19. The molecule has 0 spiro atoms. The Morgan fingerprint density at radius 3 is 2.29 bits per heavy atom. The first-order chi connectivity index (χ1) is 7.79. The maximum absolute atomic E-state index is 4.63. The molecule has 0 fully saturated rings. The van der Waals surface area contributed by atoms with Gasteiger partial charge < -0.3 is 0 Å². The second-order valence-corrected chi connectivity index (χ2v) is 6.70. The SMILES string of the molecule is Cc1nc(C)c2cc(I)cc(C(C)(C)C)c2n1. The smallest absolute Gasteiger partial charge is 0.126 e. The molecule has 0 saturated heterocycles. The highest BCUT2D eigenvalue weighted by molar-refractivity contribution is 14.1. The molecule has 1 aromatic carbocycles. The lowest BCUT2D eigenvalue weighted by Gasteiger charge is -2.21. The molecule has 1 aromatic heterocycles. The third kappa shape index (κ3) is 2.44. The molecule has 3 heteroatoms. The molecule has 0 atom stereocenters. The van der Waals surface area contributed by atoms with E-state index >= 15 is 0 Å². The minimum atomic E-state index is 0.104. The zero-order valence-corrected chi connectivity index (χ0v) is 13.1. The van der Waals surface area contributed by atoms with Gasteiger partial charge in [-0.05, 0) is 59.5 Å². The van der Waals surface area contributed by atoms with Gasteiger partial charge in [-0.3, -0.25) is 0 Å². The molecule has 90 valence electrons. The molecule has 0 saturated carbocycles. The summed E-state index contributed by atoms with van der Waals surface area (Å²) in [5, 5.41) is 1.17. The number of aryl methyl sites for hydroxylation is 2. The van der Waals surface area contributed by atoms with E-state index in [1.807, 2.05) is 6.92 Å². The number of fused-ring (bicyclic) bond motifs is 1. The Labute approximate surface area is 116 Å².